The molecule has 2 aromatic rings. The molecule has 0 saturated heterocycles. The fourth-order valence-corrected chi connectivity index (χ4v) is 2.47. The largest absolute Gasteiger partial charge is 0.489 e. The highest BCUT2D eigenvalue weighted by molar-refractivity contribution is 5.36. The van der Waals surface area contributed by atoms with E-state index in [9.17, 15) is 0 Å². The zero-order valence-corrected chi connectivity index (χ0v) is 13.0. The van der Waals surface area contributed by atoms with Gasteiger partial charge in [0, 0.05) is 11.6 Å². The van der Waals surface area contributed by atoms with Crippen molar-refractivity contribution in [2.24, 2.45) is 0 Å². The van der Waals surface area contributed by atoms with Gasteiger partial charge in [0.2, 0.25) is 0 Å². The van der Waals surface area contributed by atoms with E-state index in [1.807, 2.05) is 13.0 Å². The van der Waals surface area contributed by atoms with Gasteiger partial charge < -0.3 is 14.5 Å². The Hall–Kier alpha value is -1.74. The highest BCUT2D eigenvalue weighted by Crippen LogP contribution is 2.23. The van der Waals surface area contributed by atoms with Crippen molar-refractivity contribution in [2.45, 2.75) is 52.8 Å². The van der Waals surface area contributed by atoms with E-state index < -0.39 is 0 Å². The van der Waals surface area contributed by atoms with Crippen LogP contribution in [0.5, 0.6) is 5.75 Å². The standard InChI is InChI=1S/C18H23NO2/c1-12-4-7-18(13(2)8-12)20-11-15-9-17(21-14(15)3)10-19-16-5-6-16/h4,7-9,16,19H,5-6,10-11H2,1-3H3. The lowest BCUT2D eigenvalue weighted by molar-refractivity contribution is 0.301. The summed E-state index contributed by atoms with van der Waals surface area (Å²) in [6.45, 7) is 7.55. The molecule has 1 aromatic carbocycles. The highest BCUT2D eigenvalue weighted by Gasteiger charge is 2.20. The fraction of sp³-hybridized carbons (Fsp3) is 0.444. The predicted molar refractivity (Wildman–Crippen MR) is 83.6 cm³/mol. The van der Waals surface area contributed by atoms with Crippen LogP contribution in [-0.2, 0) is 13.2 Å². The normalized spacial score (nSPS) is 14.4. The topological polar surface area (TPSA) is 34.4 Å². The molecule has 3 rings (SSSR count). The maximum absolute atomic E-state index is 5.93. The molecular formula is C18H23NO2. The summed E-state index contributed by atoms with van der Waals surface area (Å²) in [5, 5.41) is 3.47. The summed E-state index contributed by atoms with van der Waals surface area (Å²) in [6, 6.07) is 9.06. The van der Waals surface area contributed by atoms with E-state index in [0.717, 1.165) is 29.4 Å². The van der Waals surface area contributed by atoms with Crippen molar-refractivity contribution >= 4 is 0 Å². The van der Waals surface area contributed by atoms with E-state index in [-0.39, 0.29) is 0 Å². The fourth-order valence-electron chi connectivity index (χ4n) is 2.47. The molecule has 1 aliphatic carbocycles. The molecule has 112 valence electrons. The smallest absolute Gasteiger partial charge is 0.122 e. The minimum Gasteiger partial charge on any atom is -0.489 e. The Morgan fingerprint density at radius 1 is 1.19 bits per heavy atom. The Balaban J connectivity index is 1.61. The first-order chi connectivity index (χ1) is 10.1. The second-order valence-electron chi connectivity index (χ2n) is 6.01. The van der Waals surface area contributed by atoms with Crippen molar-refractivity contribution < 1.29 is 9.15 Å². The average molecular weight is 285 g/mol. The van der Waals surface area contributed by atoms with Crippen LogP contribution in [0.25, 0.3) is 0 Å². The van der Waals surface area contributed by atoms with E-state index in [4.69, 9.17) is 9.15 Å². The lowest BCUT2D eigenvalue weighted by atomic mass is 10.1. The van der Waals surface area contributed by atoms with Gasteiger partial charge >= 0.3 is 0 Å². The Kier molecular flexibility index (Phi) is 4.02. The van der Waals surface area contributed by atoms with Gasteiger partial charge in [-0.1, -0.05) is 17.7 Å². The molecule has 1 heterocycles. The zero-order chi connectivity index (χ0) is 14.8. The Morgan fingerprint density at radius 3 is 2.71 bits per heavy atom. The van der Waals surface area contributed by atoms with Crippen molar-refractivity contribution in [3.8, 4) is 5.75 Å². The molecule has 3 heteroatoms. The Morgan fingerprint density at radius 2 is 2.00 bits per heavy atom. The van der Waals surface area contributed by atoms with Crippen LogP contribution < -0.4 is 10.1 Å². The van der Waals surface area contributed by atoms with E-state index in [0.29, 0.717) is 12.6 Å². The van der Waals surface area contributed by atoms with E-state index in [1.54, 1.807) is 0 Å². The molecule has 0 unspecified atom stereocenters. The molecule has 1 N–H and O–H groups in total. The summed E-state index contributed by atoms with van der Waals surface area (Å²) in [5.74, 6) is 2.89. The molecule has 0 bridgehead atoms. The molecule has 1 aliphatic rings. The Labute approximate surface area is 126 Å². The monoisotopic (exact) mass is 285 g/mol. The van der Waals surface area contributed by atoms with Crippen LogP contribution in [0, 0.1) is 20.8 Å². The van der Waals surface area contributed by atoms with Gasteiger partial charge in [0.1, 0.15) is 23.9 Å². The summed E-state index contributed by atoms with van der Waals surface area (Å²) < 4.78 is 11.7. The quantitative estimate of drug-likeness (QED) is 0.870. The molecule has 1 saturated carbocycles. The first kappa shape index (κ1) is 14.2. The zero-order valence-electron chi connectivity index (χ0n) is 13.0. The summed E-state index contributed by atoms with van der Waals surface area (Å²) in [6.07, 6.45) is 2.59. The van der Waals surface area contributed by atoms with Crippen LogP contribution in [0.4, 0.5) is 0 Å². The van der Waals surface area contributed by atoms with Gasteiger partial charge in [-0.3, -0.25) is 0 Å². The van der Waals surface area contributed by atoms with Crippen LogP contribution in [0.1, 0.15) is 41.1 Å². The maximum Gasteiger partial charge on any atom is 0.122 e. The molecule has 0 spiro atoms. The minimum absolute atomic E-state index is 0.558. The SMILES string of the molecule is Cc1ccc(OCc2cc(CNC3CC3)oc2C)c(C)c1. The third-order valence-corrected chi connectivity index (χ3v) is 3.93. The number of aryl methyl sites for hydroxylation is 3. The van der Waals surface area contributed by atoms with E-state index in [2.05, 4.69) is 37.4 Å². The maximum atomic E-state index is 5.93. The summed E-state index contributed by atoms with van der Waals surface area (Å²) in [4.78, 5) is 0. The predicted octanol–water partition coefficient (Wildman–Crippen LogP) is 4.04. The van der Waals surface area contributed by atoms with Gasteiger partial charge in [0.25, 0.3) is 0 Å². The van der Waals surface area contributed by atoms with Crippen molar-refractivity contribution in [3.05, 3.63) is 52.5 Å². The van der Waals surface area contributed by atoms with Gasteiger partial charge in [-0.05, 0) is 51.3 Å². The van der Waals surface area contributed by atoms with Gasteiger partial charge in [-0.2, -0.15) is 0 Å². The van der Waals surface area contributed by atoms with Crippen molar-refractivity contribution in [1.82, 2.24) is 5.32 Å². The molecule has 0 amide bonds. The first-order valence-electron chi connectivity index (χ1n) is 7.63. The first-order valence-corrected chi connectivity index (χ1v) is 7.63. The minimum atomic E-state index is 0.558. The molecule has 3 nitrogen and oxygen atoms in total. The number of benzene rings is 1. The van der Waals surface area contributed by atoms with Crippen LogP contribution in [-0.4, -0.2) is 6.04 Å². The number of nitrogens with one attached hydrogen (secondary N) is 1. The Bertz CT molecular complexity index is 626. The van der Waals surface area contributed by atoms with Crippen LogP contribution >= 0.6 is 0 Å². The highest BCUT2D eigenvalue weighted by atomic mass is 16.5. The summed E-state index contributed by atoms with van der Waals surface area (Å²) in [5.41, 5.74) is 3.56. The summed E-state index contributed by atoms with van der Waals surface area (Å²) >= 11 is 0. The van der Waals surface area contributed by atoms with E-state index in [1.165, 1.54) is 24.0 Å². The number of furan rings is 1. The lowest BCUT2D eigenvalue weighted by Gasteiger charge is -2.09. The number of hydrogen-bond acceptors (Lipinski definition) is 3. The van der Waals surface area contributed by atoms with Crippen LogP contribution in [0.15, 0.2) is 28.7 Å². The second-order valence-corrected chi connectivity index (χ2v) is 6.01. The molecule has 21 heavy (non-hydrogen) atoms. The van der Waals surface area contributed by atoms with Crippen LogP contribution in [0.2, 0.25) is 0 Å². The molecular weight excluding hydrogens is 262 g/mol. The number of ether oxygens (including phenoxy) is 1. The summed E-state index contributed by atoms with van der Waals surface area (Å²) in [7, 11) is 0. The van der Waals surface area contributed by atoms with Gasteiger partial charge in [-0.15, -0.1) is 0 Å². The lowest BCUT2D eigenvalue weighted by Crippen LogP contribution is -2.14. The van der Waals surface area contributed by atoms with Crippen LogP contribution in [0.3, 0.4) is 0 Å². The molecule has 0 radical (unpaired) electrons. The number of hydrogen-bond donors (Lipinski definition) is 1. The van der Waals surface area contributed by atoms with Gasteiger partial charge in [-0.25, -0.2) is 0 Å². The third kappa shape index (κ3) is 3.67. The van der Waals surface area contributed by atoms with Crippen molar-refractivity contribution in [1.29, 1.82) is 0 Å². The van der Waals surface area contributed by atoms with E-state index >= 15 is 0 Å². The molecule has 1 aromatic heterocycles. The van der Waals surface area contributed by atoms with Crippen molar-refractivity contribution in [3.63, 3.8) is 0 Å². The average Bonchev–Trinajstić information content (AvgIpc) is 3.20. The molecule has 0 atom stereocenters. The van der Waals surface area contributed by atoms with Gasteiger partial charge in [0.05, 0.1) is 6.54 Å². The van der Waals surface area contributed by atoms with Crippen molar-refractivity contribution in [2.75, 3.05) is 0 Å². The molecule has 0 aliphatic heterocycles. The third-order valence-electron chi connectivity index (χ3n) is 3.93. The second kappa shape index (κ2) is 5.94. The van der Waals surface area contributed by atoms with Gasteiger partial charge in [0.15, 0.2) is 0 Å². The number of rotatable bonds is 6. The molecule has 1 fully saturated rings.